The molecule has 3 N–H and O–H groups in total. The lowest BCUT2D eigenvalue weighted by Gasteiger charge is -2.59. The van der Waals surface area contributed by atoms with E-state index in [2.05, 4.69) is 6.58 Å². The minimum atomic E-state index is -2.22. The maximum absolute atomic E-state index is 13.5. The molecule has 11 atom stereocenters. The molecule has 8 nitrogen and oxygen atoms in total. The van der Waals surface area contributed by atoms with E-state index in [1.165, 1.54) is 0 Å². The summed E-state index contributed by atoms with van der Waals surface area (Å²) in [6.45, 7) is 9.26. The van der Waals surface area contributed by atoms with Gasteiger partial charge >= 0.3 is 5.97 Å². The maximum Gasteiger partial charge on any atom is 0.313 e. The summed E-state index contributed by atoms with van der Waals surface area (Å²) >= 11 is 0. The van der Waals surface area contributed by atoms with Gasteiger partial charge in [-0.05, 0) is 37.3 Å². The summed E-state index contributed by atoms with van der Waals surface area (Å²) in [5.41, 5.74) is -4.05. The van der Waals surface area contributed by atoms with Crippen molar-refractivity contribution in [3.8, 4) is 0 Å². The first-order chi connectivity index (χ1) is 16.5. The monoisotopic (exact) mass is 482 g/mol. The molecule has 0 spiro atoms. The van der Waals surface area contributed by atoms with E-state index in [4.69, 9.17) is 18.9 Å². The van der Waals surface area contributed by atoms with Crippen molar-refractivity contribution in [2.24, 2.45) is 17.8 Å². The number of carbonyl (C=O) groups excluding carboxylic acids is 1. The van der Waals surface area contributed by atoms with Gasteiger partial charge in [-0.15, -0.1) is 0 Å². The fourth-order valence-electron chi connectivity index (χ4n) is 8.10. The molecule has 3 aliphatic carbocycles. The van der Waals surface area contributed by atoms with Gasteiger partial charge in [-0.2, -0.15) is 0 Å². The van der Waals surface area contributed by atoms with E-state index in [-0.39, 0.29) is 5.92 Å². The summed E-state index contributed by atoms with van der Waals surface area (Å²) < 4.78 is 26.5. The molecular weight excluding hydrogens is 452 g/mol. The Hall–Kier alpha value is -1.91. The van der Waals surface area contributed by atoms with Crippen molar-refractivity contribution in [1.29, 1.82) is 0 Å². The molecular formula is C27H30O8. The Labute approximate surface area is 203 Å². The van der Waals surface area contributed by atoms with E-state index < -0.39 is 70.9 Å². The first kappa shape index (κ1) is 22.3. The molecule has 3 aliphatic heterocycles. The molecule has 3 bridgehead atoms. The van der Waals surface area contributed by atoms with Crippen LogP contribution in [0.15, 0.2) is 54.1 Å². The molecule has 5 fully saturated rings. The van der Waals surface area contributed by atoms with Crippen LogP contribution in [0.4, 0.5) is 0 Å². The van der Waals surface area contributed by atoms with Crippen LogP contribution in [0.25, 0.3) is 0 Å². The van der Waals surface area contributed by atoms with E-state index in [1.807, 2.05) is 44.2 Å². The lowest BCUT2D eigenvalue weighted by atomic mass is 9.54. The van der Waals surface area contributed by atoms with Crippen LogP contribution < -0.4 is 0 Å². The van der Waals surface area contributed by atoms with Gasteiger partial charge in [0.1, 0.15) is 29.5 Å². The van der Waals surface area contributed by atoms with Crippen LogP contribution >= 0.6 is 0 Å². The third-order valence-electron chi connectivity index (χ3n) is 9.77. The van der Waals surface area contributed by atoms with Gasteiger partial charge in [-0.1, -0.05) is 49.9 Å². The Morgan fingerprint density at radius 3 is 2.54 bits per heavy atom. The number of fused-ring (bicyclic) bond motifs is 3. The predicted molar refractivity (Wildman–Crippen MR) is 121 cm³/mol. The van der Waals surface area contributed by atoms with Crippen molar-refractivity contribution in [2.45, 2.75) is 73.9 Å². The van der Waals surface area contributed by atoms with Gasteiger partial charge < -0.3 is 34.3 Å². The highest BCUT2D eigenvalue weighted by atomic mass is 16.9. The van der Waals surface area contributed by atoms with E-state index in [0.29, 0.717) is 17.6 Å². The second-order valence-electron chi connectivity index (χ2n) is 11.4. The lowest BCUT2D eigenvalue weighted by Crippen LogP contribution is -2.72. The lowest BCUT2D eigenvalue weighted by molar-refractivity contribution is -0.439. The number of hydrogen-bond donors (Lipinski definition) is 3. The van der Waals surface area contributed by atoms with Gasteiger partial charge in [0.2, 0.25) is 0 Å². The molecule has 8 heteroatoms. The molecule has 35 heavy (non-hydrogen) atoms. The number of aliphatic hydroxyl groups is 3. The predicted octanol–water partition coefficient (Wildman–Crippen LogP) is 1.33. The number of rotatable bonds is 3. The van der Waals surface area contributed by atoms with Gasteiger partial charge in [-0.25, -0.2) is 0 Å². The number of Topliss-reactive ketones (excluding diaryl/α,β-unsaturated/α-hetero) is 1. The summed E-state index contributed by atoms with van der Waals surface area (Å²) in [5.74, 6) is -3.85. The van der Waals surface area contributed by atoms with Crippen LogP contribution in [-0.2, 0) is 29.7 Å². The molecule has 6 aliphatic rings. The molecule has 186 valence electrons. The largest absolute Gasteiger partial charge is 0.393 e. The van der Waals surface area contributed by atoms with E-state index in [0.717, 1.165) is 5.57 Å². The fourth-order valence-corrected chi connectivity index (χ4v) is 8.10. The number of carbonyl (C=O) groups is 1. The van der Waals surface area contributed by atoms with E-state index in [1.54, 1.807) is 13.0 Å². The second kappa shape index (κ2) is 6.31. The number of hydrogen-bond acceptors (Lipinski definition) is 8. The van der Waals surface area contributed by atoms with Crippen LogP contribution in [0, 0.1) is 17.8 Å². The molecule has 0 aromatic heterocycles. The number of ether oxygens (including phenoxy) is 4. The Bertz CT molecular complexity index is 1200. The van der Waals surface area contributed by atoms with Crippen LogP contribution in [0.5, 0.6) is 0 Å². The van der Waals surface area contributed by atoms with Crippen LogP contribution in [0.3, 0.4) is 0 Å². The van der Waals surface area contributed by atoms with Crippen LogP contribution in [-0.4, -0.2) is 68.4 Å². The topological polar surface area (TPSA) is 118 Å². The molecule has 3 saturated heterocycles. The molecule has 1 aromatic rings. The highest BCUT2D eigenvalue weighted by Gasteiger charge is 2.88. The molecule has 0 radical (unpaired) electrons. The summed E-state index contributed by atoms with van der Waals surface area (Å²) in [6, 6.07) is 9.35. The minimum Gasteiger partial charge on any atom is -0.393 e. The standard InChI is InChI=1S/C27H30O8/c1-13(2)23-11-15(4)26-17-10-14(3)19(29)25(17,31)22(30)24(12-28)21(32-24)18(26)20(23)33-27(34-23,35-26)16-8-6-5-7-9-16/h5-10,15,17-18,20-22,28,30-31H,1,11-12H2,2-4H3/t15-,17-,18-,20-,21+,22-,23-,24+,25-,26+,27?/m1/s1. The SMILES string of the molecule is C=C(C)[C@]12C[C@@H](C)[C@@]34OC(c5ccccc5)(O[C@@H]1[C@@H]3[C@@H]1O[C@]1(CO)[C@@H](O)[C@]1(O)C(=O)C(C)=C[C@H]14)O2. The van der Waals surface area contributed by atoms with Crippen molar-refractivity contribution in [3.05, 3.63) is 59.7 Å². The van der Waals surface area contributed by atoms with Crippen molar-refractivity contribution in [1.82, 2.24) is 0 Å². The smallest absolute Gasteiger partial charge is 0.313 e. The summed E-state index contributed by atoms with van der Waals surface area (Å²) in [7, 11) is 0. The number of epoxide rings is 1. The molecule has 3 heterocycles. The van der Waals surface area contributed by atoms with Gasteiger partial charge in [-0.3, -0.25) is 4.79 Å². The normalized spacial score (nSPS) is 55.0. The molecule has 1 aromatic carbocycles. The zero-order valence-electron chi connectivity index (χ0n) is 19.9. The van der Waals surface area contributed by atoms with Crippen molar-refractivity contribution < 1.29 is 39.1 Å². The minimum absolute atomic E-state index is 0.243. The van der Waals surface area contributed by atoms with Gasteiger partial charge in [0.05, 0.1) is 12.2 Å². The average Bonchev–Trinajstić information content (AvgIpc) is 3.48. The van der Waals surface area contributed by atoms with Gasteiger partial charge in [0.15, 0.2) is 11.4 Å². The maximum atomic E-state index is 13.5. The highest BCUT2D eigenvalue weighted by Crippen LogP contribution is 2.73. The zero-order valence-corrected chi connectivity index (χ0v) is 19.9. The van der Waals surface area contributed by atoms with Gasteiger partial charge in [0.25, 0.3) is 0 Å². The Morgan fingerprint density at radius 2 is 1.89 bits per heavy atom. The first-order valence-electron chi connectivity index (χ1n) is 12.3. The van der Waals surface area contributed by atoms with Crippen molar-refractivity contribution >= 4 is 5.78 Å². The Kier molecular flexibility index (Phi) is 4.02. The van der Waals surface area contributed by atoms with Crippen molar-refractivity contribution in [2.75, 3.05) is 6.61 Å². The van der Waals surface area contributed by atoms with E-state index in [9.17, 15) is 20.1 Å². The number of ketones is 1. The number of benzene rings is 1. The van der Waals surface area contributed by atoms with Crippen LogP contribution in [0.1, 0.15) is 32.8 Å². The molecule has 0 amide bonds. The zero-order chi connectivity index (χ0) is 24.8. The Balaban J connectivity index is 1.53. The molecule has 1 unspecified atom stereocenters. The molecule has 2 saturated carbocycles. The average molecular weight is 483 g/mol. The van der Waals surface area contributed by atoms with E-state index >= 15 is 0 Å². The summed E-state index contributed by atoms with van der Waals surface area (Å²) in [6.07, 6.45) is -0.731. The van der Waals surface area contributed by atoms with Crippen LogP contribution in [0.2, 0.25) is 0 Å². The first-order valence-corrected chi connectivity index (χ1v) is 12.3. The second-order valence-corrected chi connectivity index (χ2v) is 11.4. The Morgan fingerprint density at radius 1 is 1.17 bits per heavy atom. The third-order valence-corrected chi connectivity index (χ3v) is 9.77. The quantitative estimate of drug-likeness (QED) is 0.436. The van der Waals surface area contributed by atoms with Gasteiger partial charge in [0, 0.05) is 17.4 Å². The summed E-state index contributed by atoms with van der Waals surface area (Å²) in [4.78, 5) is 13.5. The third kappa shape index (κ3) is 2.16. The molecule has 7 rings (SSSR count). The van der Waals surface area contributed by atoms with Crippen molar-refractivity contribution in [3.63, 3.8) is 0 Å². The fraction of sp³-hybridized carbons (Fsp3) is 0.593. The number of aliphatic hydroxyl groups excluding tert-OH is 2. The summed E-state index contributed by atoms with van der Waals surface area (Å²) in [5, 5.41) is 34.0. The highest BCUT2D eigenvalue weighted by molar-refractivity contribution is 6.05.